The molecule has 0 radical (unpaired) electrons. The van der Waals surface area contributed by atoms with Crippen molar-refractivity contribution in [2.45, 2.75) is 18.4 Å². The lowest BCUT2D eigenvalue weighted by molar-refractivity contribution is 0.103. The first-order chi connectivity index (χ1) is 14.6. The number of carbonyl (C=O) groups is 1. The Morgan fingerprint density at radius 1 is 1.19 bits per heavy atom. The summed E-state index contributed by atoms with van der Waals surface area (Å²) in [6.07, 6.45) is 1.02. The Balaban J connectivity index is 1.63. The van der Waals surface area contributed by atoms with E-state index in [4.69, 9.17) is 11.6 Å². The highest BCUT2D eigenvalue weighted by Crippen LogP contribution is 2.30. The highest BCUT2D eigenvalue weighted by Gasteiger charge is 2.19. The molecular formula is C21H17ClFN3O3S2. The van der Waals surface area contributed by atoms with Gasteiger partial charge in [-0.25, -0.2) is 12.8 Å². The summed E-state index contributed by atoms with van der Waals surface area (Å²) < 4.78 is 39.4. The molecule has 10 heteroatoms. The Bertz CT molecular complexity index is 1410. The molecule has 0 saturated carbocycles. The van der Waals surface area contributed by atoms with Gasteiger partial charge in [0.1, 0.15) is 10.6 Å². The number of fused-ring (bicyclic) bond motifs is 1. The van der Waals surface area contributed by atoms with Crippen LogP contribution in [0.2, 0.25) is 5.02 Å². The fraction of sp³-hybridized carbons (Fsp3) is 0.143. The Morgan fingerprint density at radius 3 is 2.58 bits per heavy atom. The quantitative estimate of drug-likeness (QED) is 0.414. The fourth-order valence-electron chi connectivity index (χ4n) is 3.11. The predicted octanol–water partition coefficient (Wildman–Crippen LogP) is 4.90. The molecular weight excluding hydrogens is 461 g/mol. The van der Waals surface area contributed by atoms with Gasteiger partial charge in [-0.1, -0.05) is 23.7 Å². The van der Waals surface area contributed by atoms with E-state index in [0.29, 0.717) is 16.4 Å². The number of halogens is 2. The molecule has 0 bridgehead atoms. The van der Waals surface area contributed by atoms with Crippen LogP contribution in [-0.4, -0.2) is 30.4 Å². The molecule has 0 saturated heterocycles. The van der Waals surface area contributed by atoms with Crippen LogP contribution in [0.3, 0.4) is 0 Å². The van der Waals surface area contributed by atoms with Crippen molar-refractivity contribution in [1.82, 2.24) is 9.78 Å². The van der Waals surface area contributed by atoms with Crippen molar-refractivity contribution in [3.05, 3.63) is 75.5 Å². The van der Waals surface area contributed by atoms with E-state index in [2.05, 4.69) is 10.4 Å². The van der Waals surface area contributed by atoms with Crippen molar-refractivity contribution in [3.63, 3.8) is 0 Å². The number of rotatable bonds is 5. The number of hydrogen-bond donors (Lipinski definition) is 1. The average Bonchev–Trinajstić information content (AvgIpc) is 3.26. The molecule has 0 spiro atoms. The Labute approximate surface area is 187 Å². The zero-order valence-electron chi connectivity index (χ0n) is 16.5. The summed E-state index contributed by atoms with van der Waals surface area (Å²) in [6.45, 7) is 2.36. The molecule has 0 aliphatic heterocycles. The number of nitrogens with one attached hydrogen (secondary N) is 1. The number of hydrogen-bond acceptors (Lipinski definition) is 5. The maximum atomic E-state index is 14.1. The van der Waals surface area contributed by atoms with E-state index in [9.17, 15) is 17.6 Å². The monoisotopic (exact) mass is 477 g/mol. The van der Waals surface area contributed by atoms with Crippen LogP contribution >= 0.6 is 22.9 Å². The minimum atomic E-state index is -3.53. The molecule has 1 N–H and O–H groups in total. The van der Waals surface area contributed by atoms with Crippen LogP contribution in [0.1, 0.15) is 20.9 Å². The molecule has 0 aliphatic carbocycles. The van der Waals surface area contributed by atoms with Gasteiger partial charge in [0, 0.05) is 16.7 Å². The van der Waals surface area contributed by atoms with Gasteiger partial charge in [-0.05, 0) is 48.9 Å². The highest BCUT2D eigenvalue weighted by atomic mass is 35.5. The second-order valence-electron chi connectivity index (χ2n) is 7.07. The molecule has 160 valence electrons. The van der Waals surface area contributed by atoms with Crippen molar-refractivity contribution >= 4 is 54.6 Å². The Morgan fingerprint density at radius 2 is 1.90 bits per heavy atom. The van der Waals surface area contributed by atoms with E-state index >= 15 is 0 Å². The maximum absolute atomic E-state index is 14.1. The smallest absolute Gasteiger partial charge is 0.265 e. The summed E-state index contributed by atoms with van der Waals surface area (Å²) in [5.41, 5.74) is 1.59. The zero-order valence-corrected chi connectivity index (χ0v) is 18.9. The molecule has 0 unspecified atom stereocenters. The van der Waals surface area contributed by atoms with Crippen LogP contribution in [-0.2, 0) is 16.4 Å². The van der Waals surface area contributed by atoms with Crippen LogP contribution in [0.25, 0.3) is 10.2 Å². The van der Waals surface area contributed by atoms with Gasteiger partial charge in [-0.15, -0.1) is 11.3 Å². The maximum Gasteiger partial charge on any atom is 0.265 e. The van der Waals surface area contributed by atoms with Gasteiger partial charge in [-0.2, -0.15) is 5.10 Å². The molecule has 4 aromatic rings. The van der Waals surface area contributed by atoms with Crippen molar-refractivity contribution in [1.29, 1.82) is 0 Å². The first-order valence-electron chi connectivity index (χ1n) is 9.14. The van der Waals surface area contributed by atoms with Gasteiger partial charge in [0.05, 0.1) is 27.7 Å². The van der Waals surface area contributed by atoms with Crippen molar-refractivity contribution in [2.75, 3.05) is 11.6 Å². The number of aromatic nitrogens is 2. The molecule has 0 atom stereocenters. The molecule has 0 aliphatic rings. The van der Waals surface area contributed by atoms with E-state index in [-0.39, 0.29) is 10.6 Å². The molecule has 6 nitrogen and oxygen atoms in total. The van der Waals surface area contributed by atoms with Crippen LogP contribution < -0.4 is 5.32 Å². The van der Waals surface area contributed by atoms with Crippen LogP contribution in [0.4, 0.5) is 10.1 Å². The summed E-state index contributed by atoms with van der Waals surface area (Å²) in [4.78, 5) is 13.9. The lowest BCUT2D eigenvalue weighted by Crippen LogP contribution is -2.12. The summed E-state index contributed by atoms with van der Waals surface area (Å²) in [6, 6.07) is 12.4. The van der Waals surface area contributed by atoms with Gasteiger partial charge in [0.25, 0.3) is 5.91 Å². The molecule has 2 aromatic carbocycles. The largest absolute Gasteiger partial charge is 0.319 e. The number of amides is 1. The van der Waals surface area contributed by atoms with Crippen LogP contribution in [0.5, 0.6) is 0 Å². The number of thiophene rings is 1. The number of benzene rings is 2. The zero-order chi connectivity index (χ0) is 22.3. The van der Waals surface area contributed by atoms with E-state index in [1.807, 2.05) is 19.1 Å². The van der Waals surface area contributed by atoms with E-state index in [0.717, 1.165) is 45.9 Å². The van der Waals surface area contributed by atoms with Crippen molar-refractivity contribution < 1.29 is 17.6 Å². The number of aryl methyl sites for hydroxylation is 1. The number of carbonyl (C=O) groups excluding carboxylic acids is 1. The minimum absolute atomic E-state index is 0.0741. The first-order valence-corrected chi connectivity index (χ1v) is 12.2. The third-order valence-electron chi connectivity index (χ3n) is 4.69. The third-order valence-corrected chi connectivity index (χ3v) is 7.20. The molecule has 2 heterocycles. The van der Waals surface area contributed by atoms with Gasteiger partial charge in [-0.3, -0.25) is 9.48 Å². The normalized spacial score (nSPS) is 11.7. The highest BCUT2D eigenvalue weighted by molar-refractivity contribution is 7.90. The molecule has 1 amide bonds. The third kappa shape index (κ3) is 4.48. The summed E-state index contributed by atoms with van der Waals surface area (Å²) >= 11 is 7.17. The second-order valence-corrected chi connectivity index (χ2v) is 10.5. The molecule has 31 heavy (non-hydrogen) atoms. The molecule has 4 rings (SSSR count). The number of sulfone groups is 1. The minimum Gasteiger partial charge on any atom is -0.319 e. The van der Waals surface area contributed by atoms with Gasteiger partial charge >= 0.3 is 0 Å². The lowest BCUT2D eigenvalue weighted by Gasteiger charge is -2.07. The number of anilines is 1. The fourth-order valence-corrected chi connectivity index (χ4v) is 4.94. The van der Waals surface area contributed by atoms with Gasteiger partial charge < -0.3 is 5.32 Å². The van der Waals surface area contributed by atoms with E-state index in [1.165, 1.54) is 11.3 Å². The standard InChI is InChI=1S/C21H17ClFN3O3S2/c1-12-16-10-19(20(27)24-18-9-15(31(2,28)29)7-8-17(18)23)30-21(16)26(25-12)11-13-3-5-14(22)6-4-13/h3-10H,11H2,1-2H3,(H,24,27). The van der Waals surface area contributed by atoms with Gasteiger partial charge in [0.2, 0.25) is 0 Å². The molecule has 0 fully saturated rings. The molecule has 2 aromatic heterocycles. The second kappa shape index (κ2) is 8.07. The average molecular weight is 478 g/mol. The van der Waals surface area contributed by atoms with E-state index in [1.54, 1.807) is 22.9 Å². The lowest BCUT2D eigenvalue weighted by atomic mass is 10.2. The summed E-state index contributed by atoms with van der Waals surface area (Å²) in [5, 5.41) is 8.49. The number of nitrogens with zero attached hydrogens (tertiary/aromatic N) is 2. The first kappa shape index (κ1) is 21.5. The van der Waals surface area contributed by atoms with Crippen molar-refractivity contribution in [2.24, 2.45) is 0 Å². The van der Waals surface area contributed by atoms with E-state index < -0.39 is 21.6 Å². The Hall–Kier alpha value is -2.75. The Kier molecular flexibility index (Phi) is 5.59. The van der Waals surface area contributed by atoms with Crippen molar-refractivity contribution in [3.8, 4) is 0 Å². The summed E-state index contributed by atoms with van der Waals surface area (Å²) in [7, 11) is -3.53. The van der Waals surface area contributed by atoms with Crippen LogP contribution in [0.15, 0.2) is 53.4 Å². The SMILES string of the molecule is Cc1nn(Cc2ccc(Cl)cc2)c2sc(C(=O)Nc3cc(S(C)(=O)=O)ccc3F)cc12. The summed E-state index contributed by atoms with van der Waals surface area (Å²) in [5.74, 6) is -1.24. The van der Waals surface area contributed by atoms with Crippen LogP contribution in [0, 0.1) is 12.7 Å². The topological polar surface area (TPSA) is 81.1 Å². The van der Waals surface area contributed by atoms with Gasteiger partial charge in [0.15, 0.2) is 9.84 Å². The predicted molar refractivity (Wildman–Crippen MR) is 120 cm³/mol.